The van der Waals surface area contributed by atoms with Crippen molar-refractivity contribution in [2.75, 3.05) is 12.4 Å². The zero-order valence-electron chi connectivity index (χ0n) is 8.38. The van der Waals surface area contributed by atoms with Crippen molar-refractivity contribution in [3.63, 3.8) is 0 Å². The van der Waals surface area contributed by atoms with Gasteiger partial charge in [0, 0.05) is 0 Å². The second-order valence-electron chi connectivity index (χ2n) is 3.01. The zero-order chi connectivity index (χ0) is 11.4. The summed E-state index contributed by atoms with van der Waals surface area (Å²) in [6.45, 7) is 1.60. The molecule has 0 bridgehead atoms. The molecule has 0 aliphatic heterocycles. The molecule has 0 aliphatic carbocycles. The van der Waals surface area contributed by atoms with Crippen molar-refractivity contribution in [1.29, 1.82) is 0 Å². The van der Waals surface area contributed by atoms with E-state index >= 15 is 0 Å². The van der Waals surface area contributed by atoms with Gasteiger partial charge in [0.2, 0.25) is 0 Å². The predicted molar refractivity (Wildman–Crippen MR) is 56.5 cm³/mol. The molecule has 0 radical (unpaired) electrons. The lowest BCUT2D eigenvalue weighted by Crippen LogP contribution is -2.27. The van der Waals surface area contributed by atoms with Crippen molar-refractivity contribution < 1.29 is 13.9 Å². The maximum Gasteiger partial charge on any atom is 0.327 e. The van der Waals surface area contributed by atoms with E-state index in [0.717, 1.165) is 0 Å². The maximum absolute atomic E-state index is 12.9. The number of nitrogens with one attached hydrogen (secondary N) is 1. The van der Waals surface area contributed by atoms with Crippen molar-refractivity contribution in [2.24, 2.45) is 0 Å². The topological polar surface area (TPSA) is 38.3 Å². The first-order chi connectivity index (χ1) is 7.04. The molecule has 0 saturated carbocycles. The van der Waals surface area contributed by atoms with E-state index in [0.29, 0.717) is 10.7 Å². The van der Waals surface area contributed by atoms with E-state index in [1.54, 1.807) is 6.92 Å². The Morgan fingerprint density at radius 2 is 2.27 bits per heavy atom. The van der Waals surface area contributed by atoms with Crippen LogP contribution in [0.5, 0.6) is 0 Å². The minimum atomic E-state index is -0.575. The van der Waals surface area contributed by atoms with Crippen LogP contribution in [-0.2, 0) is 9.53 Å². The van der Waals surface area contributed by atoms with Gasteiger partial charge in [0.05, 0.1) is 17.8 Å². The Kier molecular flexibility index (Phi) is 3.91. The second-order valence-corrected chi connectivity index (χ2v) is 3.42. The van der Waals surface area contributed by atoms with E-state index in [1.165, 1.54) is 25.3 Å². The third kappa shape index (κ3) is 3.09. The Bertz CT molecular complexity index is 370. The van der Waals surface area contributed by atoms with Crippen LogP contribution >= 0.6 is 11.6 Å². The summed E-state index contributed by atoms with van der Waals surface area (Å²) in [5.74, 6) is -0.853. The van der Waals surface area contributed by atoms with Gasteiger partial charge in [0.25, 0.3) is 0 Å². The number of esters is 1. The van der Waals surface area contributed by atoms with Crippen LogP contribution in [0, 0.1) is 5.82 Å². The molecule has 1 rings (SSSR count). The van der Waals surface area contributed by atoms with Crippen LogP contribution in [0.4, 0.5) is 10.1 Å². The molecule has 0 aromatic heterocycles. The van der Waals surface area contributed by atoms with Crippen molar-refractivity contribution in [2.45, 2.75) is 13.0 Å². The minimum Gasteiger partial charge on any atom is -0.467 e. The van der Waals surface area contributed by atoms with Crippen molar-refractivity contribution in [1.82, 2.24) is 0 Å². The van der Waals surface area contributed by atoms with Crippen molar-refractivity contribution in [3.8, 4) is 0 Å². The lowest BCUT2D eigenvalue weighted by molar-refractivity contribution is -0.141. The molecule has 1 unspecified atom stereocenters. The number of hydrogen-bond donors (Lipinski definition) is 1. The van der Waals surface area contributed by atoms with Gasteiger partial charge < -0.3 is 10.1 Å². The highest BCUT2D eigenvalue weighted by molar-refractivity contribution is 6.33. The van der Waals surface area contributed by atoms with Crippen LogP contribution in [0.15, 0.2) is 18.2 Å². The number of rotatable bonds is 3. The smallest absolute Gasteiger partial charge is 0.327 e. The van der Waals surface area contributed by atoms with E-state index in [9.17, 15) is 9.18 Å². The summed E-state index contributed by atoms with van der Waals surface area (Å²) in [4.78, 5) is 11.1. The molecule has 0 saturated heterocycles. The molecule has 0 fully saturated rings. The van der Waals surface area contributed by atoms with Gasteiger partial charge in [-0.25, -0.2) is 9.18 Å². The Hall–Kier alpha value is -1.29. The monoisotopic (exact) mass is 231 g/mol. The largest absolute Gasteiger partial charge is 0.467 e. The predicted octanol–water partition coefficient (Wildman–Crippen LogP) is 2.45. The van der Waals surface area contributed by atoms with E-state index in [2.05, 4.69) is 10.1 Å². The fourth-order valence-electron chi connectivity index (χ4n) is 1.08. The number of halogens is 2. The van der Waals surface area contributed by atoms with Gasteiger partial charge in [-0.2, -0.15) is 0 Å². The van der Waals surface area contributed by atoms with Crippen LogP contribution in [0.1, 0.15) is 6.92 Å². The molecule has 0 aliphatic rings. The Labute approximate surface area is 92.2 Å². The van der Waals surface area contributed by atoms with Gasteiger partial charge in [0.15, 0.2) is 0 Å². The molecule has 1 aromatic rings. The highest BCUT2D eigenvalue weighted by Crippen LogP contribution is 2.23. The average Bonchev–Trinajstić information content (AvgIpc) is 2.22. The number of ether oxygens (including phenoxy) is 1. The third-order valence-corrected chi connectivity index (χ3v) is 2.18. The van der Waals surface area contributed by atoms with Gasteiger partial charge in [-0.1, -0.05) is 11.6 Å². The lowest BCUT2D eigenvalue weighted by Gasteiger charge is -2.13. The highest BCUT2D eigenvalue weighted by Gasteiger charge is 2.14. The SMILES string of the molecule is COC(=O)C(C)Nc1cc(F)ccc1Cl. The van der Waals surface area contributed by atoms with Crippen molar-refractivity contribution in [3.05, 3.63) is 29.0 Å². The first-order valence-corrected chi connectivity index (χ1v) is 4.72. The normalized spacial score (nSPS) is 12.0. The quantitative estimate of drug-likeness (QED) is 0.813. The van der Waals surface area contributed by atoms with Gasteiger partial charge in [-0.15, -0.1) is 0 Å². The highest BCUT2D eigenvalue weighted by atomic mass is 35.5. The Morgan fingerprint density at radius 1 is 1.60 bits per heavy atom. The summed E-state index contributed by atoms with van der Waals surface area (Å²) in [5, 5.41) is 3.11. The zero-order valence-corrected chi connectivity index (χ0v) is 9.14. The second kappa shape index (κ2) is 4.98. The summed E-state index contributed by atoms with van der Waals surface area (Å²) in [5.41, 5.74) is 0.370. The fraction of sp³-hybridized carbons (Fsp3) is 0.300. The summed E-state index contributed by atoms with van der Waals surface area (Å²) in [7, 11) is 1.29. The summed E-state index contributed by atoms with van der Waals surface area (Å²) < 4.78 is 17.4. The van der Waals surface area contributed by atoms with E-state index in [1.807, 2.05) is 0 Å². The van der Waals surface area contributed by atoms with E-state index in [-0.39, 0.29) is 0 Å². The lowest BCUT2D eigenvalue weighted by atomic mass is 10.2. The molecule has 3 nitrogen and oxygen atoms in total. The molecule has 0 amide bonds. The number of carbonyl (C=O) groups excluding carboxylic acids is 1. The minimum absolute atomic E-state index is 0.354. The molecule has 82 valence electrons. The first kappa shape index (κ1) is 11.8. The number of anilines is 1. The molecular weight excluding hydrogens is 221 g/mol. The Morgan fingerprint density at radius 3 is 2.87 bits per heavy atom. The fourth-order valence-corrected chi connectivity index (χ4v) is 1.25. The standard InChI is InChI=1S/C10H11ClFNO2/c1-6(10(14)15-2)13-9-5-7(12)3-4-8(9)11/h3-6,13H,1-2H3. The van der Waals surface area contributed by atoms with Gasteiger partial charge in [-0.05, 0) is 25.1 Å². The van der Waals surface area contributed by atoms with Crippen LogP contribution in [0.2, 0.25) is 5.02 Å². The molecule has 1 aromatic carbocycles. The number of methoxy groups -OCH3 is 1. The number of benzene rings is 1. The average molecular weight is 232 g/mol. The van der Waals surface area contributed by atoms with Crippen LogP contribution in [0.3, 0.4) is 0 Å². The third-order valence-electron chi connectivity index (χ3n) is 1.86. The molecule has 1 atom stereocenters. The van der Waals surface area contributed by atoms with E-state index < -0.39 is 17.8 Å². The molecular formula is C10H11ClFNO2. The van der Waals surface area contributed by atoms with Gasteiger partial charge >= 0.3 is 5.97 Å². The van der Waals surface area contributed by atoms with Crippen molar-refractivity contribution >= 4 is 23.3 Å². The van der Waals surface area contributed by atoms with Gasteiger partial charge in [-0.3, -0.25) is 0 Å². The Balaban J connectivity index is 2.80. The molecule has 15 heavy (non-hydrogen) atoms. The first-order valence-electron chi connectivity index (χ1n) is 4.34. The van der Waals surface area contributed by atoms with Gasteiger partial charge in [0.1, 0.15) is 11.9 Å². The molecule has 0 heterocycles. The summed E-state index contributed by atoms with van der Waals surface area (Å²) in [6.07, 6.45) is 0. The molecule has 5 heteroatoms. The summed E-state index contributed by atoms with van der Waals surface area (Å²) in [6, 6.07) is 3.32. The van der Waals surface area contributed by atoms with Crippen LogP contribution < -0.4 is 5.32 Å². The number of carbonyl (C=O) groups is 1. The van der Waals surface area contributed by atoms with Crippen LogP contribution in [0.25, 0.3) is 0 Å². The summed E-state index contributed by atoms with van der Waals surface area (Å²) >= 11 is 5.81. The van der Waals surface area contributed by atoms with Crippen LogP contribution in [-0.4, -0.2) is 19.1 Å². The van der Waals surface area contributed by atoms with E-state index in [4.69, 9.17) is 11.6 Å². The molecule has 0 spiro atoms. The molecule has 1 N–H and O–H groups in total. The number of hydrogen-bond acceptors (Lipinski definition) is 3. The maximum atomic E-state index is 12.9.